The second kappa shape index (κ2) is 9.28. The fourth-order valence-electron chi connectivity index (χ4n) is 3.14. The number of nitrogens with one attached hydrogen (secondary N) is 1. The van der Waals surface area contributed by atoms with Crippen LogP contribution in [-0.2, 0) is 17.7 Å². The first kappa shape index (κ1) is 19.8. The number of aromatic nitrogens is 1. The highest BCUT2D eigenvalue weighted by Crippen LogP contribution is 2.25. The Morgan fingerprint density at radius 1 is 1.33 bits per heavy atom. The van der Waals surface area contributed by atoms with Crippen molar-refractivity contribution in [1.29, 1.82) is 0 Å². The summed E-state index contributed by atoms with van der Waals surface area (Å²) in [6.07, 6.45) is 2.89. The summed E-state index contributed by atoms with van der Waals surface area (Å²) in [7, 11) is 0. The summed E-state index contributed by atoms with van der Waals surface area (Å²) in [6.45, 7) is 9.07. The van der Waals surface area contributed by atoms with Crippen LogP contribution in [0.5, 0.6) is 0 Å². The minimum atomic E-state index is -0.232. The molecule has 1 aromatic carbocycles. The molecule has 1 fully saturated rings. The molecule has 7 heteroatoms. The van der Waals surface area contributed by atoms with E-state index in [0.717, 1.165) is 36.0 Å². The first-order valence-electron chi connectivity index (χ1n) is 9.46. The fourth-order valence-corrected chi connectivity index (χ4v) is 3.93. The normalized spacial score (nSPS) is 20.7. The topological polar surface area (TPSA) is 49.8 Å². The van der Waals surface area contributed by atoms with E-state index in [-0.39, 0.29) is 18.0 Å². The molecule has 2 unspecified atom stereocenters. The first-order chi connectivity index (χ1) is 13.1. The molecule has 1 N–H and O–H groups in total. The second-order valence-corrected chi connectivity index (χ2v) is 7.84. The number of hydrogen-bond acceptors (Lipinski definition) is 4. The summed E-state index contributed by atoms with van der Waals surface area (Å²) < 4.78 is 19.3. The van der Waals surface area contributed by atoms with Gasteiger partial charge in [0.25, 0.3) is 0 Å². The van der Waals surface area contributed by atoms with Crippen LogP contribution in [0.4, 0.5) is 4.39 Å². The highest BCUT2D eigenvalue weighted by Gasteiger charge is 2.28. The minimum Gasteiger partial charge on any atom is -0.367 e. The Kier molecular flexibility index (Phi) is 6.79. The fraction of sp³-hybridized carbons (Fsp3) is 0.500. The Morgan fingerprint density at radius 3 is 2.78 bits per heavy atom. The van der Waals surface area contributed by atoms with Crippen molar-refractivity contribution in [1.82, 2.24) is 15.2 Å². The molecule has 146 valence electrons. The first-order valence-corrected chi connectivity index (χ1v) is 10.3. The average Bonchev–Trinajstić information content (AvgIpc) is 3.13. The quantitative estimate of drug-likeness (QED) is 0.624. The highest BCUT2D eigenvalue weighted by atomic mass is 32.1. The lowest BCUT2D eigenvalue weighted by Gasteiger charge is -2.38. The van der Waals surface area contributed by atoms with E-state index in [2.05, 4.69) is 36.0 Å². The Hall–Kier alpha value is -1.99. The summed E-state index contributed by atoms with van der Waals surface area (Å²) in [6, 6.07) is 6.55. The molecule has 0 saturated carbocycles. The van der Waals surface area contributed by atoms with Crippen LogP contribution in [0.25, 0.3) is 0 Å². The minimum absolute atomic E-state index is 0.0595. The lowest BCUT2D eigenvalue weighted by Crippen LogP contribution is -2.50. The predicted octanol–water partition coefficient (Wildman–Crippen LogP) is 3.77. The number of hydrogen-bond donors (Lipinski definition) is 1. The van der Waals surface area contributed by atoms with Crippen molar-refractivity contribution >= 4 is 17.3 Å². The van der Waals surface area contributed by atoms with E-state index in [4.69, 9.17) is 9.73 Å². The van der Waals surface area contributed by atoms with Crippen molar-refractivity contribution in [2.24, 2.45) is 4.99 Å². The zero-order valence-corrected chi connectivity index (χ0v) is 16.9. The number of guanidine groups is 1. The molecule has 0 spiro atoms. The summed E-state index contributed by atoms with van der Waals surface area (Å²) in [5.41, 5.74) is 0.983. The van der Waals surface area contributed by atoms with Gasteiger partial charge < -0.3 is 15.0 Å². The van der Waals surface area contributed by atoms with Crippen LogP contribution in [0.15, 0.2) is 35.5 Å². The molecule has 27 heavy (non-hydrogen) atoms. The third-order valence-electron chi connectivity index (χ3n) is 4.45. The Labute approximate surface area is 164 Å². The van der Waals surface area contributed by atoms with Gasteiger partial charge in [-0.1, -0.05) is 19.1 Å². The lowest BCUT2D eigenvalue weighted by atomic mass is 10.1. The van der Waals surface area contributed by atoms with Crippen LogP contribution in [0.2, 0.25) is 0 Å². The van der Waals surface area contributed by atoms with E-state index >= 15 is 0 Å². The van der Waals surface area contributed by atoms with Gasteiger partial charge in [-0.2, -0.15) is 0 Å². The van der Waals surface area contributed by atoms with Crippen molar-refractivity contribution in [3.05, 3.63) is 51.7 Å². The number of thiazole rings is 1. The van der Waals surface area contributed by atoms with Gasteiger partial charge in [-0.15, -0.1) is 11.3 Å². The number of halogens is 1. The van der Waals surface area contributed by atoms with E-state index in [1.54, 1.807) is 23.5 Å². The molecule has 2 atom stereocenters. The van der Waals surface area contributed by atoms with Crippen molar-refractivity contribution < 1.29 is 9.13 Å². The maximum Gasteiger partial charge on any atom is 0.194 e. The van der Waals surface area contributed by atoms with Crippen molar-refractivity contribution in [3.63, 3.8) is 0 Å². The molecule has 1 aliphatic rings. The van der Waals surface area contributed by atoms with E-state index < -0.39 is 0 Å². The number of nitrogens with zero attached hydrogens (tertiary/aromatic N) is 3. The molecule has 1 aliphatic heterocycles. The molecule has 1 saturated heterocycles. The molecular weight excluding hydrogens is 363 g/mol. The molecule has 2 aromatic rings. The number of aryl methyl sites for hydroxylation is 1. The van der Waals surface area contributed by atoms with E-state index in [1.165, 1.54) is 17.0 Å². The van der Waals surface area contributed by atoms with Gasteiger partial charge in [0.05, 0.1) is 19.2 Å². The van der Waals surface area contributed by atoms with Crippen LogP contribution in [0.1, 0.15) is 42.3 Å². The standard InChI is InChI=1S/C20H27FN4OS/c1-4-17-10-23-19(27-17)11-24-20(22-5-2)25-12-14(3)26-18(13-25)15-6-8-16(21)9-7-15/h6-10,14,18H,4-5,11-13H2,1-3H3,(H,22,24). The molecule has 0 amide bonds. The van der Waals surface area contributed by atoms with E-state index in [0.29, 0.717) is 13.1 Å². The molecule has 1 aromatic heterocycles. The molecule has 0 bridgehead atoms. The second-order valence-electron chi connectivity index (χ2n) is 6.64. The molecule has 5 nitrogen and oxygen atoms in total. The van der Waals surface area contributed by atoms with Gasteiger partial charge in [0.2, 0.25) is 0 Å². The SMILES string of the molecule is CCNC(=NCc1ncc(CC)s1)N1CC(C)OC(c2ccc(F)cc2)C1. The number of aliphatic imine (C=N–C) groups is 1. The highest BCUT2D eigenvalue weighted by molar-refractivity contribution is 7.11. The van der Waals surface area contributed by atoms with Gasteiger partial charge in [0.15, 0.2) is 5.96 Å². The average molecular weight is 391 g/mol. The van der Waals surface area contributed by atoms with E-state index in [1.807, 2.05) is 6.20 Å². The summed E-state index contributed by atoms with van der Waals surface area (Å²) in [4.78, 5) is 12.8. The van der Waals surface area contributed by atoms with Crippen LogP contribution < -0.4 is 5.32 Å². The Balaban J connectivity index is 1.74. The van der Waals surface area contributed by atoms with Crippen molar-refractivity contribution in [3.8, 4) is 0 Å². The smallest absolute Gasteiger partial charge is 0.194 e. The Bertz CT molecular complexity index is 762. The summed E-state index contributed by atoms with van der Waals surface area (Å²) in [5.74, 6) is 0.636. The van der Waals surface area contributed by atoms with Gasteiger partial charge in [-0.25, -0.2) is 14.4 Å². The van der Waals surface area contributed by atoms with Crippen molar-refractivity contribution in [2.45, 2.75) is 45.9 Å². The maximum atomic E-state index is 13.2. The summed E-state index contributed by atoms with van der Waals surface area (Å²) >= 11 is 1.71. The van der Waals surface area contributed by atoms with Gasteiger partial charge >= 0.3 is 0 Å². The lowest BCUT2D eigenvalue weighted by molar-refractivity contribution is -0.0605. The maximum absolute atomic E-state index is 13.2. The number of benzene rings is 1. The van der Waals surface area contributed by atoms with Gasteiger partial charge in [0.1, 0.15) is 16.9 Å². The number of morpholine rings is 1. The number of rotatable bonds is 5. The third-order valence-corrected chi connectivity index (χ3v) is 5.58. The zero-order chi connectivity index (χ0) is 19.2. The van der Waals surface area contributed by atoms with Gasteiger partial charge in [0, 0.05) is 24.2 Å². The van der Waals surface area contributed by atoms with Crippen LogP contribution in [-0.4, -0.2) is 41.6 Å². The molecule has 3 rings (SSSR count). The van der Waals surface area contributed by atoms with Crippen LogP contribution in [0, 0.1) is 5.82 Å². The molecule has 0 aliphatic carbocycles. The molecule has 2 heterocycles. The Morgan fingerprint density at radius 2 is 2.11 bits per heavy atom. The van der Waals surface area contributed by atoms with Crippen molar-refractivity contribution in [2.75, 3.05) is 19.6 Å². The third kappa shape index (κ3) is 5.26. The van der Waals surface area contributed by atoms with Gasteiger partial charge in [-0.3, -0.25) is 0 Å². The van der Waals surface area contributed by atoms with Gasteiger partial charge in [-0.05, 0) is 38.0 Å². The van der Waals surface area contributed by atoms with E-state index in [9.17, 15) is 4.39 Å². The monoisotopic (exact) mass is 390 g/mol. The molecule has 0 radical (unpaired) electrons. The summed E-state index contributed by atoms with van der Waals surface area (Å²) in [5, 5.41) is 4.41. The zero-order valence-electron chi connectivity index (χ0n) is 16.1. The number of ether oxygens (including phenoxy) is 1. The van der Waals surface area contributed by atoms with Crippen LogP contribution >= 0.6 is 11.3 Å². The predicted molar refractivity (Wildman–Crippen MR) is 108 cm³/mol. The van der Waals surface area contributed by atoms with Crippen LogP contribution in [0.3, 0.4) is 0 Å². The largest absolute Gasteiger partial charge is 0.367 e. The molecular formula is C20H27FN4OS.